The quantitative estimate of drug-likeness (QED) is 0.810. The summed E-state index contributed by atoms with van der Waals surface area (Å²) >= 11 is 5.79. The first-order chi connectivity index (χ1) is 11.2. The third-order valence-corrected chi connectivity index (χ3v) is 3.97. The summed E-state index contributed by atoms with van der Waals surface area (Å²) in [6.07, 6.45) is 1.11. The topological polar surface area (TPSA) is 49.7 Å². The summed E-state index contributed by atoms with van der Waals surface area (Å²) in [5.41, 5.74) is -0.834. The second-order valence-corrected chi connectivity index (χ2v) is 6.17. The smallest absolute Gasteiger partial charge is 0.331 e. The summed E-state index contributed by atoms with van der Waals surface area (Å²) in [7, 11) is 0. The third-order valence-electron chi connectivity index (χ3n) is 3.72. The Morgan fingerprint density at radius 1 is 1.21 bits per heavy atom. The van der Waals surface area contributed by atoms with Crippen molar-refractivity contribution in [1.82, 2.24) is 0 Å². The molecule has 0 spiro atoms. The van der Waals surface area contributed by atoms with Gasteiger partial charge in [-0.25, -0.2) is 13.6 Å². The van der Waals surface area contributed by atoms with Gasteiger partial charge in [0.2, 0.25) is 0 Å². The van der Waals surface area contributed by atoms with E-state index in [0.717, 1.165) is 0 Å². The van der Waals surface area contributed by atoms with E-state index in [1.165, 1.54) is 32.2 Å². The van der Waals surface area contributed by atoms with Crippen molar-refractivity contribution < 1.29 is 18.7 Å². The van der Waals surface area contributed by atoms with Crippen LogP contribution < -0.4 is 0 Å². The van der Waals surface area contributed by atoms with Crippen molar-refractivity contribution in [2.24, 2.45) is 4.99 Å². The number of benzene rings is 2. The molecule has 0 amide bonds. The van der Waals surface area contributed by atoms with Gasteiger partial charge in [0.05, 0.1) is 0 Å². The molecular weight excluding hydrogens is 336 g/mol. The summed E-state index contributed by atoms with van der Waals surface area (Å²) in [6.45, 7) is 2.80. The van der Waals surface area contributed by atoms with Crippen LogP contribution in [0.5, 0.6) is 0 Å². The molecule has 2 aromatic carbocycles. The second kappa shape index (κ2) is 7.09. The molecule has 1 atom stereocenters. The molecule has 2 aromatic rings. The maximum absolute atomic E-state index is 14.0. The number of aryl methyl sites for hydroxylation is 1. The lowest BCUT2D eigenvalue weighted by Gasteiger charge is -2.21. The molecule has 0 aliphatic heterocycles. The highest BCUT2D eigenvalue weighted by Crippen LogP contribution is 2.23. The van der Waals surface area contributed by atoms with Crippen molar-refractivity contribution in [3.8, 4) is 0 Å². The maximum Gasteiger partial charge on any atom is 0.331 e. The van der Waals surface area contributed by atoms with Gasteiger partial charge in [-0.15, -0.1) is 0 Å². The Morgan fingerprint density at radius 2 is 1.83 bits per heavy atom. The van der Waals surface area contributed by atoms with E-state index < -0.39 is 23.1 Å². The molecular formula is C18H16ClF2NO2. The molecule has 0 fully saturated rings. The predicted molar refractivity (Wildman–Crippen MR) is 89.9 cm³/mol. The van der Waals surface area contributed by atoms with E-state index in [2.05, 4.69) is 4.99 Å². The summed E-state index contributed by atoms with van der Waals surface area (Å²) in [4.78, 5) is 15.7. The lowest BCUT2D eigenvalue weighted by atomic mass is 9.92. The van der Waals surface area contributed by atoms with Gasteiger partial charge in [0.15, 0.2) is 17.2 Å². The number of aliphatic carboxylic acids is 1. The van der Waals surface area contributed by atoms with Gasteiger partial charge in [0.1, 0.15) is 0 Å². The van der Waals surface area contributed by atoms with Gasteiger partial charge < -0.3 is 5.11 Å². The van der Waals surface area contributed by atoms with E-state index in [4.69, 9.17) is 11.6 Å². The Hall–Kier alpha value is -2.27. The zero-order valence-corrected chi connectivity index (χ0v) is 13.9. The van der Waals surface area contributed by atoms with Gasteiger partial charge in [-0.3, -0.25) is 4.99 Å². The van der Waals surface area contributed by atoms with E-state index in [1.807, 2.05) is 0 Å². The number of carboxylic acid groups (broad SMARTS) is 1. The van der Waals surface area contributed by atoms with Crippen molar-refractivity contribution in [1.29, 1.82) is 0 Å². The Balaban J connectivity index is 2.32. The van der Waals surface area contributed by atoms with E-state index in [9.17, 15) is 18.7 Å². The summed E-state index contributed by atoms with van der Waals surface area (Å²) < 4.78 is 27.7. The molecule has 0 bridgehead atoms. The van der Waals surface area contributed by atoms with Crippen LogP contribution in [0.15, 0.2) is 41.4 Å². The molecule has 24 heavy (non-hydrogen) atoms. The molecule has 6 heteroatoms. The third kappa shape index (κ3) is 3.97. The van der Waals surface area contributed by atoms with Crippen molar-refractivity contribution in [2.45, 2.75) is 25.8 Å². The molecule has 0 heterocycles. The lowest BCUT2D eigenvalue weighted by Crippen LogP contribution is -2.36. The molecule has 0 aliphatic rings. The molecule has 1 N–H and O–H groups in total. The lowest BCUT2D eigenvalue weighted by molar-refractivity contribution is -0.142. The summed E-state index contributed by atoms with van der Waals surface area (Å²) in [6, 6.07) is 9.46. The van der Waals surface area contributed by atoms with Crippen LogP contribution in [0, 0.1) is 18.6 Å². The number of hydrogen-bond donors (Lipinski definition) is 1. The Bertz CT molecular complexity index is 790. The predicted octanol–water partition coefficient (Wildman–Crippen LogP) is 4.43. The summed E-state index contributed by atoms with van der Waals surface area (Å²) in [5, 5.41) is 10.0. The van der Waals surface area contributed by atoms with E-state index in [0.29, 0.717) is 10.6 Å². The zero-order chi connectivity index (χ0) is 17.9. The van der Waals surface area contributed by atoms with Crippen LogP contribution >= 0.6 is 11.6 Å². The molecule has 0 aliphatic carbocycles. The van der Waals surface area contributed by atoms with Crippen LogP contribution in [-0.2, 0) is 11.2 Å². The monoisotopic (exact) mass is 351 g/mol. The fourth-order valence-corrected chi connectivity index (χ4v) is 2.26. The van der Waals surface area contributed by atoms with Crippen LogP contribution in [0.1, 0.15) is 23.6 Å². The minimum absolute atomic E-state index is 0.0312. The normalized spacial score (nSPS) is 13.9. The number of halogens is 3. The van der Waals surface area contributed by atoms with Crippen LogP contribution in [0.3, 0.4) is 0 Å². The van der Waals surface area contributed by atoms with Crippen molar-refractivity contribution in [2.75, 3.05) is 0 Å². The van der Waals surface area contributed by atoms with E-state index >= 15 is 0 Å². The van der Waals surface area contributed by atoms with Crippen molar-refractivity contribution in [3.63, 3.8) is 0 Å². The second-order valence-electron chi connectivity index (χ2n) is 5.74. The highest BCUT2D eigenvalue weighted by atomic mass is 35.5. The molecule has 0 aromatic heterocycles. The van der Waals surface area contributed by atoms with Crippen LogP contribution in [0.2, 0.25) is 5.02 Å². The maximum atomic E-state index is 14.0. The van der Waals surface area contributed by atoms with Gasteiger partial charge in [0, 0.05) is 17.7 Å². The number of hydrogen-bond acceptors (Lipinski definition) is 2. The first kappa shape index (κ1) is 18.1. The fourth-order valence-electron chi connectivity index (χ4n) is 2.14. The highest BCUT2D eigenvalue weighted by Gasteiger charge is 2.33. The van der Waals surface area contributed by atoms with Gasteiger partial charge in [-0.1, -0.05) is 35.9 Å². The number of rotatable bonds is 5. The molecule has 2 rings (SSSR count). The van der Waals surface area contributed by atoms with Crippen LogP contribution in [0.4, 0.5) is 8.78 Å². The van der Waals surface area contributed by atoms with Gasteiger partial charge in [-0.05, 0) is 42.7 Å². The van der Waals surface area contributed by atoms with Crippen molar-refractivity contribution in [3.05, 3.63) is 69.7 Å². The Kier molecular flexibility index (Phi) is 5.34. The average molecular weight is 352 g/mol. The number of nitrogens with zero attached hydrogens (tertiary/aromatic N) is 1. The molecule has 0 radical (unpaired) electrons. The van der Waals surface area contributed by atoms with Crippen LogP contribution in [0.25, 0.3) is 0 Å². The van der Waals surface area contributed by atoms with Gasteiger partial charge in [-0.2, -0.15) is 0 Å². The van der Waals surface area contributed by atoms with E-state index in [-0.39, 0.29) is 17.5 Å². The molecule has 0 saturated carbocycles. The molecule has 0 unspecified atom stereocenters. The first-order valence-electron chi connectivity index (χ1n) is 7.20. The number of aliphatic imine (C=N–C) groups is 1. The van der Waals surface area contributed by atoms with Crippen LogP contribution in [-0.4, -0.2) is 22.8 Å². The largest absolute Gasteiger partial charge is 0.479 e. The standard InChI is InChI=1S/C18H16ClF2NO2/c1-11-3-6-13(16(21)15(11)20)9-18(2,17(23)24)22-10-12-4-7-14(19)8-5-12/h3-8,10H,9H2,1-2H3,(H,23,24)/b22-10+/t18-/m0/s1. The zero-order valence-electron chi connectivity index (χ0n) is 13.2. The molecule has 0 saturated heterocycles. The fraction of sp³-hybridized carbons (Fsp3) is 0.222. The van der Waals surface area contributed by atoms with E-state index in [1.54, 1.807) is 24.3 Å². The Labute approximate surface area is 143 Å². The minimum Gasteiger partial charge on any atom is -0.479 e. The average Bonchev–Trinajstić information content (AvgIpc) is 2.55. The van der Waals surface area contributed by atoms with Gasteiger partial charge in [0.25, 0.3) is 0 Å². The highest BCUT2D eigenvalue weighted by molar-refractivity contribution is 6.30. The minimum atomic E-state index is -1.62. The first-order valence-corrected chi connectivity index (χ1v) is 7.58. The molecule has 3 nitrogen and oxygen atoms in total. The number of carboxylic acids is 1. The molecule has 126 valence electrons. The Morgan fingerprint density at radius 3 is 2.42 bits per heavy atom. The van der Waals surface area contributed by atoms with Crippen molar-refractivity contribution >= 4 is 23.8 Å². The SMILES string of the molecule is Cc1ccc(C[C@](C)(/N=C/c2ccc(Cl)cc2)C(=O)O)c(F)c1F. The number of carbonyl (C=O) groups is 1. The van der Waals surface area contributed by atoms with Gasteiger partial charge >= 0.3 is 5.97 Å². The summed E-state index contributed by atoms with van der Waals surface area (Å²) in [5.74, 6) is -3.24.